The Morgan fingerprint density at radius 1 is 1.48 bits per heavy atom. The molecule has 0 atom stereocenters. The molecule has 1 N–H and O–H groups in total. The van der Waals surface area contributed by atoms with Crippen molar-refractivity contribution in [3.05, 3.63) is 33.9 Å². The number of nitro benzene ring substituents is 1. The van der Waals surface area contributed by atoms with Gasteiger partial charge in [-0.1, -0.05) is 13.8 Å². The van der Waals surface area contributed by atoms with Gasteiger partial charge in [0.15, 0.2) is 5.75 Å². The molecular weight excluding hydrogens is 274 g/mol. The summed E-state index contributed by atoms with van der Waals surface area (Å²) in [6.45, 7) is 3.59. The summed E-state index contributed by atoms with van der Waals surface area (Å²) in [6, 6.07) is 6.01. The van der Waals surface area contributed by atoms with Crippen molar-refractivity contribution in [2.45, 2.75) is 32.2 Å². The van der Waals surface area contributed by atoms with Crippen molar-refractivity contribution in [1.82, 2.24) is 5.32 Å². The van der Waals surface area contributed by atoms with E-state index in [4.69, 9.17) is 4.74 Å². The summed E-state index contributed by atoms with van der Waals surface area (Å²) in [5.74, 6) is -0.444. The molecule has 0 fully saturated rings. The first-order chi connectivity index (χ1) is 9.92. The minimum atomic E-state index is -0.966. The monoisotopic (exact) mass is 291 g/mol. The van der Waals surface area contributed by atoms with E-state index in [0.717, 1.165) is 6.07 Å². The van der Waals surface area contributed by atoms with Crippen LogP contribution in [0.15, 0.2) is 18.2 Å². The number of nitrogens with zero attached hydrogens (tertiary/aromatic N) is 2. The lowest BCUT2D eigenvalue weighted by Crippen LogP contribution is -2.46. The van der Waals surface area contributed by atoms with Gasteiger partial charge in [-0.3, -0.25) is 14.9 Å². The normalized spacial score (nSPS) is 10.6. The molecule has 0 spiro atoms. The SMILES string of the molecule is CCC(C#N)(CC)NC(=O)c1ccc(OC)c([N+](=O)[O-])c1. The number of nitriles is 1. The smallest absolute Gasteiger partial charge is 0.311 e. The Morgan fingerprint density at radius 3 is 2.52 bits per heavy atom. The van der Waals surface area contributed by atoms with Crippen LogP contribution in [0.2, 0.25) is 0 Å². The van der Waals surface area contributed by atoms with Gasteiger partial charge in [-0.25, -0.2) is 0 Å². The van der Waals surface area contributed by atoms with Gasteiger partial charge < -0.3 is 10.1 Å². The van der Waals surface area contributed by atoms with E-state index in [-0.39, 0.29) is 17.0 Å². The van der Waals surface area contributed by atoms with Gasteiger partial charge in [-0.15, -0.1) is 0 Å². The van der Waals surface area contributed by atoms with Crippen LogP contribution in [0.4, 0.5) is 5.69 Å². The Balaban J connectivity index is 3.12. The fourth-order valence-electron chi connectivity index (χ4n) is 1.88. The third-order valence-electron chi connectivity index (χ3n) is 3.41. The number of methoxy groups -OCH3 is 1. The molecule has 0 aliphatic heterocycles. The summed E-state index contributed by atoms with van der Waals surface area (Å²) in [4.78, 5) is 22.5. The summed E-state index contributed by atoms with van der Waals surface area (Å²) in [7, 11) is 1.32. The van der Waals surface area contributed by atoms with Crippen molar-refractivity contribution in [1.29, 1.82) is 5.26 Å². The van der Waals surface area contributed by atoms with E-state index in [2.05, 4.69) is 11.4 Å². The average molecular weight is 291 g/mol. The molecular formula is C14H17N3O4. The second-order valence-corrected chi connectivity index (χ2v) is 4.50. The number of rotatable bonds is 6. The maximum atomic E-state index is 12.2. The van der Waals surface area contributed by atoms with E-state index in [1.807, 2.05) is 0 Å². The molecule has 0 aliphatic rings. The van der Waals surface area contributed by atoms with Crippen LogP contribution in [0.5, 0.6) is 5.75 Å². The predicted molar refractivity (Wildman–Crippen MR) is 76.0 cm³/mol. The number of hydrogen-bond acceptors (Lipinski definition) is 5. The molecule has 0 bridgehead atoms. The minimum absolute atomic E-state index is 0.0779. The molecule has 0 heterocycles. The number of nitrogens with one attached hydrogen (secondary N) is 1. The van der Waals surface area contributed by atoms with Gasteiger partial charge >= 0.3 is 5.69 Å². The van der Waals surface area contributed by atoms with Crippen LogP contribution in [0.25, 0.3) is 0 Å². The topological polar surface area (TPSA) is 105 Å². The zero-order valence-corrected chi connectivity index (χ0v) is 12.2. The largest absolute Gasteiger partial charge is 0.490 e. The van der Waals surface area contributed by atoms with E-state index >= 15 is 0 Å². The molecule has 7 nitrogen and oxygen atoms in total. The fourth-order valence-corrected chi connectivity index (χ4v) is 1.88. The Labute approximate surface area is 122 Å². The van der Waals surface area contributed by atoms with Crippen LogP contribution >= 0.6 is 0 Å². The van der Waals surface area contributed by atoms with E-state index in [9.17, 15) is 20.2 Å². The van der Waals surface area contributed by atoms with Gasteiger partial charge in [-0.2, -0.15) is 5.26 Å². The van der Waals surface area contributed by atoms with Crippen molar-refractivity contribution in [3.63, 3.8) is 0 Å². The van der Waals surface area contributed by atoms with Crippen LogP contribution < -0.4 is 10.1 Å². The molecule has 0 aromatic heterocycles. The third-order valence-corrected chi connectivity index (χ3v) is 3.41. The number of hydrogen-bond donors (Lipinski definition) is 1. The minimum Gasteiger partial charge on any atom is -0.490 e. The van der Waals surface area contributed by atoms with E-state index in [1.165, 1.54) is 19.2 Å². The number of carbonyl (C=O) groups excluding carboxylic acids is 1. The number of carbonyl (C=O) groups is 1. The molecule has 0 radical (unpaired) electrons. The lowest BCUT2D eigenvalue weighted by Gasteiger charge is -2.24. The Hall–Kier alpha value is -2.62. The van der Waals surface area contributed by atoms with Crippen LogP contribution in [0.1, 0.15) is 37.0 Å². The number of ether oxygens (including phenoxy) is 1. The Kier molecular flexibility index (Phi) is 5.24. The van der Waals surface area contributed by atoms with Crippen molar-refractivity contribution in [2.24, 2.45) is 0 Å². The molecule has 21 heavy (non-hydrogen) atoms. The van der Waals surface area contributed by atoms with E-state index in [1.54, 1.807) is 13.8 Å². The van der Waals surface area contributed by atoms with Gasteiger partial charge in [0.05, 0.1) is 18.1 Å². The van der Waals surface area contributed by atoms with E-state index < -0.39 is 16.4 Å². The second-order valence-electron chi connectivity index (χ2n) is 4.50. The average Bonchev–Trinajstić information content (AvgIpc) is 2.51. The van der Waals surface area contributed by atoms with Gasteiger partial charge in [0.2, 0.25) is 0 Å². The maximum absolute atomic E-state index is 12.2. The molecule has 7 heteroatoms. The highest BCUT2D eigenvalue weighted by Gasteiger charge is 2.29. The molecule has 1 rings (SSSR count). The second kappa shape index (κ2) is 6.70. The van der Waals surface area contributed by atoms with Gasteiger partial charge in [-0.05, 0) is 25.0 Å². The van der Waals surface area contributed by atoms with Crippen LogP contribution in [-0.4, -0.2) is 23.5 Å². The zero-order valence-electron chi connectivity index (χ0n) is 12.2. The van der Waals surface area contributed by atoms with Crippen molar-refractivity contribution < 1.29 is 14.5 Å². The third kappa shape index (κ3) is 3.48. The molecule has 0 saturated carbocycles. The summed E-state index contributed by atoms with van der Waals surface area (Å²) >= 11 is 0. The molecule has 1 amide bonds. The number of nitro groups is 1. The predicted octanol–water partition coefficient (Wildman–Crippen LogP) is 2.42. The molecule has 1 aromatic rings. The summed E-state index contributed by atoms with van der Waals surface area (Å²) in [5.41, 5.74) is -1.14. The summed E-state index contributed by atoms with van der Waals surface area (Å²) in [6.07, 6.45) is 0.897. The fraction of sp³-hybridized carbons (Fsp3) is 0.429. The zero-order chi connectivity index (χ0) is 16.0. The van der Waals surface area contributed by atoms with Crippen LogP contribution in [0, 0.1) is 21.4 Å². The Morgan fingerprint density at radius 2 is 2.10 bits per heavy atom. The molecule has 0 aliphatic carbocycles. The van der Waals surface area contributed by atoms with Crippen molar-refractivity contribution in [2.75, 3.05) is 7.11 Å². The van der Waals surface area contributed by atoms with Gasteiger partial charge in [0.25, 0.3) is 5.91 Å². The molecule has 0 saturated heterocycles. The van der Waals surface area contributed by atoms with Crippen molar-refractivity contribution in [3.8, 4) is 11.8 Å². The number of benzene rings is 1. The van der Waals surface area contributed by atoms with Crippen LogP contribution in [0.3, 0.4) is 0 Å². The first-order valence-electron chi connectivity index (χ1n) is 6.49. The molecule has 0 unspecified atom stereocenters. The van der Waals surface area contributed by atoms with Crippen LogP contribution in [-0.2, 0) is 0 Å². The first kappa shape index (κ1) is 16.4. The lowest BCUT2D eigenvalue weighted by atomic mass is 9.94. The molecule has 1 aromatic carbocycles. The highest BCUT2D eigenvalue weighted by molar-refractivity contribution is 5.95. The Bertz CT molecular complexity index is 588. The maximum Gasteiger partial charge on any atom is 0.311 e. The lowest BCUT2D eigenvalue weighted by molar-refractivity contribution is -0.385. The molecule has 112 valence electrons. The van der Waals surface area contributed by atoms with E-state index in [0.29, 0.717) is 12.8 Å². The van der Waals surface area contributed by atoms with Crippen molar-refractivity contribution >= 4 is 11.6 Å². The highest BCUT2D eigenvalue weighted by Crippen LogP contribution is 2.27. The van der Waals surface area contributed by atoms with Gasteiger partial charge in [0, 0.05) is 11.6 Å². The first-order valence-corrected chi connectivity index (χ1v) is 6.49. The number of amides is 1. The highest BCUT2D eigenvalue weighted by atomic mass is 16.6. The summed E-state index contributed by atoms with van der Waals surface area (Å²) in [5, 5.41) is 22.8. The van der Waals surface area contributed by atoms with Gasteiger partial charge in [0.1, 0.15) is 5.54 Å². The summed E-state index contributed by atoms with van der Waals surface area (Å²) < 4.78 is 4.88. The quantitative estimate of drug-likeness (QED) is 0.640. The standard InChI is InChI=1S/C14H17N3O4/c1-4-14(5-2,9-15)16-13(18)10-6-7-12(21-3)11(8-10)17(19)20/h6-8H,4-5H2,1-3H3,(H,16,18).